The zero-order chi connectivity index (χ0) is 12.4. The Morgan fingerprint density at radius 1 is 1.18 bits per heavy atom. The Hall–Kier alpha value is -1.10. The van der Waals surface area contributed by atoms with Gasteiger partial charge in [0.15, 0.2) is 0 Å². The lowest BCUT2D eigenvalue weighted by Gasteiger charge is -2.10. The Morgan fingerprint density at radius 3 is 2.47 bits per heavy atom. The van der Waals surface area contributed by atoms with Crippen molar-refractivity contribution in [3.63, 3.8) is 0 Å². The summed E-state index contributed by atoms with van der Waals surface area (Å²) in [5, 5.41) is 2.04. The van der Waals surface area contributed by atoms with Gasteiger partial charge in [0, 0.05) is 8.96 Å². The molecule has 2 nitrogen and oxygen atoms in total. The fraction of sp³-hybridized carbons (Fsp3) is 0.214. The zero-order valence-electron chi connectivity index (χ0n) is 9.74. The first-order valence-electron chi connectivity index (χ1n) is 5.48. The number of benzene rings is 2. The van der Waals surface area contributed by atoms with E-state index in [1.54, 1.807) is 0 Å². The number of ether oxygens (including phenoxy) is 1. The third kappa shape index (κ3) is 2.60. The molecule has 2 aromatic rings. The first-order valence-corrected chi connectivity index (χ1v) is 6.55. The maximum Gasteiger partial charge on any atom is 0.339 e. The minimum absolute atomic E-state index is 0.0980. The summed E-state index contributed by atoms with van der Waals surface area (Å²) in [5.74, 6) is -0.255. The predicted molar refractivity (Wildman–Crippen MR) is 77.2 cm³/mol. The predicted octanol–water partition coefficient (Wildman–Crippen LogP) is 4.01. The van der Waals surface area contributed by atoms with E-state index in [9.17, 15) is 4.79 Å². The second-order valence-electron chi connectivity index (χ2n) is 4.10. The first kappa shape index (κ1) is 12.4. The van der Waals surface area contributed by atoms with Crippen LogP contribution in [0.4, 0.5) is 0 Å². The molecule has 0 aliphatic rings. The Kier molecular flexibility index (Phi) is 3.66. The number of halogens is 1. The highest BCUT2D eigenvalue weighted by Gasteiger charge is 2.14. The van der Waals surface area contributed by atoms with Crippen molar-refractivity contribution in [2.24, 2.45) is 0 Å². The van der Waals surface area contributed by atoms with Crippen molar-refractivity contribution in [1.82, 2.24) is 0 Å². The van der Waals surface area contributed by atoms with Crippen molar-refractivity contribution in [3.05, 3.63) is 45.5 Å². The molecule has 0 saturated carbocycles. The van der Waals surface area contributed by atoms with Crippen LogP contribution in [0.5, 0.6) is 0 Å². The molecule has 0 fully saturated rings. The number of carbonyl (C=O) groups is 1. The largest absolute Gasteiger partial charge is 0.459 e. The molecule has 0 N–H and O–H groups in total. The van der Waals surface area contributed by atoms with Gasteiger partial charge in [-0.15, -0.1) is 0 Å². The number of fused-ring (bicyclic) bond motifs is 1. The standard InChI is InChI=1S/C14H13IO2/c1-9(2)17-14(16)11-7-3-5-10-6-4-8-12(15)13(10)11/h3-9H,1-2H3. The van der Waals surface area contributed by atoms with Crippen molar-refractivity contribution in [2.45, 2.75) is 20.0 Å². The van der Waals surface area contributed by atoms with Crippen LogP contribution in [0.2, 0.25) is 0 Å². The smallest absolute Gasteiger partial charge is 0.339 e. The summed E-state index contributed by atoms with van der Waals surface area (Å²) in [6, 6.07) is 11.7. The molecule has 88 valence electrons. The zero-order valence-corrected chi connectivity index (χ0v) is 11.9. The molecule has 17 heavy (non-hydrogen) atoms. The third-order valence-corrected chi connectivity index (χ3v) is 3.32. The molecule has 3 heteroatoms. The summed E-state index contributed by atoms with van der Waals surface area (Å²) in [6.45, 7) is 3.71. The normalized spacial score (nSPS) is 10.8. The van der Waals surface area contributed by atoms with Gasteiger partial charge >= 0.3 is 5.97 Å². The highest BCUT2D eigenvalue weighted by atomic mass is 127. The molecule has 0 atom stereocenters. The Bertz CT molecular complexity index is 556. The van der Waals surface area contributed by atoms with Crippen LogP contribution in [0.15, 0.2) is 36.4 Å². The van der Waals surface area contributed by atoms with Crippen molar-refractivity contribution >= 4 is 39.3 Å². The van der Waals surface area contributed by atoms with Gasteiger partial charge in [0.2, 0.25) is 0 Å². The second-order valence-corrected chi connectivity index (χ2v) is 5.26. The molecule has 0 spiro atoms. The van der Waals surface area contributed by atoms with Crippen molar-refractivity contribution in [2.75, 3.05) is 0 Å². The monoisotopic (exact) mass is 340 g/mol. The van der Waals surface area contributed by atoms with Crippen molar-refractivity contribution < 1.29 is 9.53 Å². The fourth-order valence-corrected chi connectivity index (χ4v) is 2.55. The molecule has 0 heterocycles. The summed E-state index contributed by atoms with van der Waals surface area (Å²) in [4.78, 5) is 12.0. The maximum atomic E-state index is 12.0. The Balaban J connectivity index is 2.58. The SMILES string of the molecule is CC(C)OC(=O)c1cccc2cccc(I)c12. The van der Waals surface area contributed by atoms with E-state index in [0.29, 0.717) is 5.56 Å². The van der Waals surface area contributed by atoms with Crippen LogP contribution in [0, 0.1) is 3.57 Å². The second kappa shape index (κ2) is 5.04. The maximum absolute atomic E-state index is 12.0. The third-order valence-electron chi connectivity index (χ3n) is 2.42. The molecule has 0 saturated heterocycles. The molecule has 0 radical (unpaired) electrons. The summed E-state index contributed by atoms with van der Waals surface area (Å²) in [7, 11) is 0. The van der Waals surface area contributed by atoms with Gasteiger partial charge in [0.25, 0.3) is 0 Å². The van der Waals surface area contributed by atoms with Gasteiger partial charge in [-0.05, 0) is 54.0 Å². The van der Waals surface area contributed by atoms with Crippen molar-refractivity contribution in [3.8, 4) is 0 Å². The van der Waals surface area contributed by atoms with Crippen LogP contribution in [0.1, 0.15) is 24.2 Å². The van der Waals surface area contributed by atoms with Crippen LogP contribution in [0.3, 0.4) is 0 Å². The van der Waals surface area contributed by atoms with Gasteiger partial charge in [0.1, 0.15) is 0 Å². The molecule has 0 bridgehead atoms. The minimum Gasteiger partial charge on any atom is -0.459 e. The highest BCUT2D eigenvalue weighted by molar-refractivity contribution is 14.1. The van der Waals surface area contributed by atoms with Crippen LogP contribution >= 0.6 is 22.6 Å². The molecular formula is C14H13IO2. The first-order chi connectivity index (χ1) is 8.09. The number of hydrogen-bond donors (Lipinski definition) is 0. The van der Waals surface area contributed by atoms with Crippen LogP contribution in [-0.4, -0.2) is 12.1 Å². The summed E-state index contributed by atoms with van der Waals surface area (Å²) in [6.07, 6.45) is -0.0980. The molecule has 0 unspecified atom stereocenters. The molecule has 0 aliphatic heterocycles. The molecule has 2 aromatic carbocycles. The highest BCUT2D eigenvalue weighted by Crippen LogP contribution is 2.25. The van der Waals surface area contributed by atoms with Gasteiger partial charge < -0.3 is 4.74 Å². The summed E-state index contributed by atoms with van der Waals surface area (Å²) >= 11 is 2.24. The van der Waals surface area contributed by atoms with E-state index < -0.39 is 0 Å². The lowest BCUT2D eigenvalue weighted by molar-refractivity contribution is 0.0380. The number of carbonyl (C=O) groups excluding carboxylic acids is 1. The van der Waals surface area contributed by atoms with Gasteiger partial charge in [-0.3, -0.25) is 0 Å². The Labute approximate surface area is 114 Å². The number of hydrogen-bond acceptors (Lipinski definition) is 2. The quantitative estimate of drug-likeness (QED) is 0.610. The minimum atomic E-state index is -0.255. The van der Waals surface area contributed by atoms with E-state index >= 15 is 0 Å². The van der Waals surface area contributed by atoms with Crippen LogP contribution < -0.4 is 0 Å². The van der Waals surface area contributed by atoms with Gasteiger partial charge in [-0.2, -0.15) is 0 Å². The van der Waals surface area contributed by atoms with E-state index in [1.807, 2.05) is 50.2 Å². The molecule has 0 aromatic heterocycles. The van der Waals surface area contributed by atoms with E-state index in [0.717, 1.165) is 14.3 Å². The summed E-state index contributed by atoms with van der Waals surface area (Å²) in [5.41, 5.74) is 0.640. The Morgan fingerprint density at radius 2 is 1.82 bits per heavy atom. The molecular weight excluding hydrogens is 327 g/mol. The van der Waals surface area contributed by atoms with Gasteiger partial charge in [0.05, 0.1) is 11.7 Å². The average Bonchev–Trinajstić information content (AvgIpc) is 2.28. The van der Waals surface area contributed by atoms with E-state index in [2.05, 4.69) is 22.6 Å². The molecule has 0 amide bonds. The van der Waals surface area contributed by atoms with E-state index in [-0.39, 0.29) is 12.1 Å². The fourth-order valence-electron chi connectivity index (χ4n) is 1.74. The van der Waals surface area contributed by atoms with Crippen LogP contribution in [0.25, 0.3) is 10.8 Å². The molecule has 2 rings (SSSR count). The van der Waals surface area contributed by atoms with E-state index in [1.165, 1.54) is 0 Å². The number of rotatable bonds is 2. The van der Waals surface area contributed by atoms with E-state index in [4.69, 9.17) is 4.74 Å². The number of esters is 1. The molecule has 0 aliphatic carbocycles. The topological polar surface area (TPSA) is 26.3 Å². The lowest BCUT2D eigenvalue weighted by atomic mass is 10.0. The van der Waals surface area contributed by atoms with Gasteiger partial charge in [-0.1, -0.05) is 24.3 Å². The lowest BCUT2D eigenvalue weighted by Crippen LogP contribution is -2.12. The van der Waals surface area contributed by atoms with Crippen molar-refractivity contribution in [1.29, 1.82) is 0 Å². The summed E-state index contributed by atoms with van der Waals surface area (Å²) < 4.78 is 6.32. The van der Waals surface area contributed by atoms with Crippen LogP contribution in [-0.2, 0) is 4.74 Å². The average molecular weight is 340 g/mol. The van der Waals surface area contributed by atoms with Gasteiger partial charge in [-0.25, -0.2) is 4.79 Å².